The molecule has 6 heteroatoms. The fraction of sp³-hybridized carbons (Fsp3) is 0. The zero-order valence-corrected chi connectivity index (χ0v) is 12.6. The Morgan fingerprint density at radius 3 is 1.38 bits per heavy atom. The van der Waals surface area contributed by atoms with Gasteiger partial charge in [-0.15, -0.1) is 0 Å². The lowest BCUT2D eigenvalue weighted by molar-refractivity contribution is 0.101. The molecule has 2 aromatic heterocycles. The highest BCUT2D eigenvalue weighted by molar-refractivity contribution is 6.04. The molecule has 1 aromatic carbocycles. The standard InChI is InChI=1S/C18H14N4O2/c23-17(15-5-1-3-11-19-15)21-13-7-9-14(10-8-13)22-18(24)16-6-2-4-12-20-16/h1-12H,(H,21,23)(H,22,24). The van der Waals surface area contributed by atoms with E-state index < -0.39 is 0 Å². The number of pyridine rings is 2. The molecule has 0 spiro atoms. The van der Waals surface area contributed by atoms with Crippen LogP contribution in [0.1, 0.15) is 21.0 Å². The van der Waals surface area contributed by atoms with E-state index in [0.717, 1.165) is 0 Å². The molecule has 0 saturated carbocycles. The van der Waals surface area contributed by atoms with Crippen molar-refractivity contribution in [2.45, 2.75) is 0 Å². The molecule has 0 saturated heterocycles. The maximum Gasteiger partial charge on any atom is 0.274 e. The van der Waals surface area contributed by atoms with Gasteiger partial charge in [0.05, 0.1) is 0 Å². The van der Waals surface area contributed by atoms with Crippen LogP contribution in [-0.4, -0.2) is 21.8 Å². The number of rotatable bonds is 4. The van der Waals surface area contributed by atoms with E-state index in [4.69, 9.17) is 0 Å². The minimum absolute atomic E-state index is 0.291. The summed E-state index contributed by atoms with van der Waals surface area (Å²) in [5.74, 6) is -0.582. The molecule has 0 aliphatic heterocycles. The van der Waals surface area contributed by atoms with Crippen LogP contribution in [0.4, 0.5) is 11.4 Å². The van der Waals surface area contributed by atoms with Crippen molar-refractivity contribution in [3.63, 3.8) is 0 Å². The first kappa shape index (κ1) is 15.4. The summed E-state index contributed by atoms with van der Waals surface area (Å²) < 4.78 is 0. The van der Waals surface area contributed by atoms with Crippen LogP contribution in [-0.2, 0) is 0 Å². The van der Waals surface area contributed by atoms with Gasteiger partial charge in [0.15, 0.2) is 0 Å². The quantitative estimate of drug-likeness (QED) is 0.774. The number of benzene rings is 1. The van der Waals surface area contributed by atoms with Crippen molar-refractivity contribution in [3.8, 4) is 0 Å². The van der Waals surface area contributed by atoms with Crippen LogP contribution >= 0.6 is 0 Å². The smallest absolute Gasteiger partial charge is 0.274 e. The van der Waals surface area contributed by atoms with Gasteiger partial charge in [0, 0.05) is 23.8 Å². The number of nitrogens with one attached hydrogen (secondary N) is 2. The average Bonchev–Trinajstić information content (AvgIpc) is 2.65. The van der Waals surface area contributed by atoms with Gasteiger partial charge in [-0.3, -0.25) is 19.6 Å². The van der Waals surface area contributed by atoms with Gasteiger partial charge in [0.2, 0.25) is 0 Å². The molecule has 0 atom stereocenters. The highest BCUT2D eigenvalue weighted by Crippen LogP contribution is 2.15. The molecule has 0 unspecified atom stereocenters. The Balaban J connectivity index is 1.63. The van der Waals surface area contributed by atoms with E-state index in [2.05, 4.69) is 20.6 Å². The predicted octanol–water partition coefficient (Wildman–Crippen LogP) is 2.98. The number of hydrogen-bond acceptors (Lipinski definition) is 4. The summed E-state index contributed by atoms with van der Waals surface area (Å²) in [4.78, 5) is 32.0. The molecule has 0 radical (unpaired) electrons. The normalized spacial score (nSPS) is 10.0. The topological polar surface area (TPSA) is 84.0 Å². The highest BCUT2D eigenvalue weighted by atomic mass is 16.2. The first-order valence-electron chi connectivity index (χ1n) is 7.27. The second-order valence-corrected chi connectivity index (χ2v) is 4.92. The molecule has 24 heavy (non-hydrogen) atoms. The van der Waals surface area contributed by atoms with E-state index in [0.29, 0.717) is 22.8 Å². The van der Waals surface area contributed by atoms with Gasteiger partial charge >= 0.3 is 0 Å². The third-order valence-corrected chi connectivity index (χ3v) is 3.20. The zero-order valence-electron chi connectivity index (χ0n) is 12.6. The predicted molar refractivity (Wildman–Crippen MR) is 90.8 cm³/mol. The van der Waals surface area contributed by atoms with Crippen molar-refractivity contribution >= 4 is 23.2 Å². The molecule has 0 bridgehead atoms. The molecule has 118 valence electrons. The third-order valence-electron chi connectivity index (χ3n) is 3.20. The summed E-state index contributed by atoms with van der Waals surface area (Å²) >= 11 is 0. The van der Waals surface area contributed by atoms with Gasteiger partial charge in [-0.1, -0.05) is 12.1 Å². The van der Waals surface area contributed by atoms with Gasteiger partial charge < -0.3 is 10.6 Å². The fourth-order valence-corrected chi connectivity index (χ4v) is 2.02. The molecular weight excluding hydrogens is 304 g/mol. The third kappa shape index (κ3) is 3.80. The molecule has 3 aromatic rings. The second-order valence-electron chi connectivity index (χ2n) is 4.92. The Morgan fingerprint density at radius 1 is 0.625 bits per heavy atom. The monoisotopic (exact) mass is 318 g/mol. The Morgan fingerprint density at radius 2 is 1.04 bits per heavy atom. The first-order valence-corrected chi connectivity index (χ1v) is 7.27. The van der Waals surface area contributed by atoms with Crippen molar-refractivity contribution < 1.29 is 9.59 Å². The first-order chi connectivity index (χ1) is 11.7. The van der Waals surface area contributed by atoms with E-state index in [1.807, 2.05) is 0 Å². The molecule has 6 nitrogen and oxygen atoms in total. The number of carbonyl (C=O) groups is 2. The van der Waals surface area contributed by atoms with Crippen molar-refractivity contribution in [3.05, 3.63) is 84.4 Å². The lowest BCUT2D eigenvalue weighted by Gasteiger charge is -2.07. The van der Waals surface area contributed by atoms with Crippen molar-refractivity contribution in [1.82, 2.24) is 9.97 Å². The Kier molecular flexibility index (Phi) is 4.57. The van der Waals surface area contributed by atoms with Crippen molar-refractivity contribution in [1.29, 1.82) is 0 Å². The van der Waals surface area contributed by atoms with Crippen LogP contribution in [0.2, 0.25) is 0 Å². The van der Waals surface area contributed by atoms with Crippen molar-refractivity contribution in [2.75, 3.05) is 10.6 Å². The van der Waals surface area contributed by atoms with Gasteiger partial charge in [-0.05, 0) is 48.5 Å². The molecule has 0 fully saturated rings. The molecule has 0 aliphatic carbocycles. The zero-order chi connectivity index (χ0) is 16.8. The number of anilines is 2. The summed E-state index contributed by atoms with van der Waals surface area (Å²) in [5.41, 5.74) is 1.90. The second kappa shape index (κ2) is 7.15. The SMILES string of the molecule is O=C(Nc1ccc(NC(=O)c2ccccn2)cc1)c1ccccn1. The summed E-state index contributed by atoms with van der Waals surface area (Å²) in [5, 5.41) is 5.49. The lowest BCUT2D eigenvalue weighted by Crippen LogP contribution is -2.14. The van der Waals surface area contributed by atoms with E-state index in [1.165, 1.54) is 0 Å². The highest BCUT2D eigenvalue weighted by Gasteiger charge is 2.08. The van der Waals surface area contributed by atoms with Crippen molar-refractivity contribution in [2.24, 2.45) is 0 Å². The summed E-state index contributed by atoms with van der Waals surface area (Å²) in [6.07, 6.45) is 3.12. The largest absolute Gasteiger partial charge is 0.321 e. The minimum atomic E-state index is -0.291. The van der Waals surface area contributed by atoms with Crippen LogP contribution in [0.25, 0.3) is 0 Å². The van der Waals surface area contributed by atoms with E-state index in [1.54, 1.807) is 73.1 Å². The molecule has 2 amide bonds. The summed E-state index contributed by atoms with van der Waals surface area (Å²) in [7, 11) is 0. The number of aromatic nitrogens is 2. The Hall–Kier alpha value is -3.54. The average molecular weight is 318 g/mol. The summed E-state index contributed by atoms with van der Waals surface area (Å²) in [6.45, 7) is 0. The summed E-state index contributed by atoms with van der Waals surface area (Å²) in [6, 6.07) is 17.1. The maximum absolute atomic E-state index is 12.0. The van der Waals surface area contributed by atoms with Gasteiger partial charge in [-0.2, -0.15) is 0 Å². The molecular formula is C18H14N4O2. The molecule has 3 rings (SSSR count). The van der Waals surface area contributed by atoms with Gasteiger partial charge in [-0.25, -0.2) is 0 Å². The minimum Gasteiger partial charge on any atom is -0.321 e. The van der Waals surface area contributed by atoms with Crippen LogP contribution in [0.15, 0.2) is 73.1 Å². The number of nitrogens with zero attached hydrogens (tertiary/aromatic N) is 2. The fourth-order valence-electron chi connectivity index (χ4n) is 2.02. The lowest BCUT2D eigenvalue weighted by atomic mass is 10.2. The van der Waals surface area contributed by atoms with Crippen LogP contribution in [0.3, 0.4) is 0 Å². The number of amides is 2. The van der Waals surface area contributed by atoms with Crippen LogP contribution < -0.4 is 10.6 Å². The van der Waals surface area contributed by atoms with Crippen LogP contribution in [0.5, 0.6) is 0 Å². The van der Waals surface area contributed by atoms with E-state index >= 15 is 0 Å². The number of hydrogen-bond donors (Lipinski definition) is 2. The molecule has 2 heterocycles. The Labute approximate surface area is 138 Å². The molecule has 2 N–H and O–H groups in total. The van der Waals surface area contributed by atoms with Gasteiger partial charge in [0.25, 0.3) is 11.8 Å². The van der Waals surface area contributed by atoms with E-state index in [9.17, 15) is 9.59 Å². The van der Waals surface area contributed by atoms with Crippen LogP contribution in [0, 0.1) is 0 Å². The number of carbonyl (C=O) groups excluding carboxylic acids is 2. The van der Waals surface area contributed by atoms with E-state index in [-0.39, 0.29) is 11.8 Å². The van der Waals surface area contributed by atoms with Gasteiger partial charge in [0.1, 0.15) is 11.4 Å². The maximum atomic E-state index is 12.0. The molecule has 0 aliphatic rings. The Bertz CT molecular complexity index is 761.